The van der Waals surface area contributed by atoms with Crippen LogP contribution in [0.5, 0.6) is 0 Å². The number of hydrogen-bond acceptors (Lipinski definition) is 3. The van der Waals surface area contributed by atoms with Gasteiger partial charge < -0.3 is 9.84 Å². The highest BCUT2D eigenvalue weighted by Crippen LogP contribution is 2.30. The van der Waals surface area contributed by atoms with Gasteiger partial charge in [0.25, 0.3) is 0 Å². The molecule has 0 aliphatic heterocycles. The Balaban J connectivity index is 2.44. The summed E-state index contributed by atoms with van der Waals surface area (Å²) in [6.45, 7) is 2.86. The molecule has 1 rings (SSSR count). The molecule has 0 heterocycles. The van der Waals surface area contributed by atoms with Crippen LogP contribution in [0.3, 0.4) is 0 Å². The highest BCUT2D eigenvalue weighted by Gasteiger charge is 2.07. The minimum absolute atomic E-state index is 0.349. The van der Waals surface area contributed by atoms with Crippen LogP contribution in [-0.2, 0) is 4.74 Å². The van der Waals surface area contributed by atoms with Crippen LogP contribution in [0.25, 0.3) is 0 Å². The van der Waals surface area contributed by atoms with E-state index >= 15 is 0 Å². The zero-order valence-corrected chi connectivity index (χ0v) is 11.3. The summed E-state index contributed by atoms with van der Waals surface area (Å²) in [7, 11) is 0. The van der Waals surface area contributed by atoms with Gasteiger partial charge in [0.2, 0.25) is 0 Å². The molecule has 5 heteroatoms. The van der Waals surface area contributed by atoms with E-state index in [1.54, 1.807) is 18.2 Å². The lowest BCUT2D eigenvalue weighted by Gasteiger charge is -2.10. The van der Waals surface area contributed by atoms with Crippen LogP contribution in [0.4, 0.5) is 0 Å². The molecule has 0 fully saturated rings. The molecule has 16 heavy (non-hydrogen) atoms. The van der Waals surface area contributed by atoms with Gasteiger partial charge in [0.05, 0.1) is 17.7 Å². The van der Waals surface area contributed by atoms with Crippen LogP contribution in [0.15, 0.2) is 23.1 Å². The van der Waals surface area contributed by atoms with Gasteiger partial charge >= 0.3 is 0 Å². The lowest BCUT2D eigenvalue weighted by molar-refractivity contribution is 0.0551. The van der Waals surface area contributed by atoms with Crippen molar-refractivity contribution in [3.8, 4) is 0 Å². The van der Waals surface area contributed by atoms with Crippen LogP contribution in [0.2, 0.25) is 10.0 Å². The monoisotopic (exact) mass is 280 g/mol. The summed E-state index contributed by atoms with van der Waals surface area (Å²) in [6.07, 6.45) is -0.486. The minimum Gasteiger partial charge on any atom is -0.390 e. The van der Waals surface area contributed by atoms with Gasteiger partial charge in [-0.15, -0.1) is 11.8 Å². The van der Waals surface area contributed by atoms with E-state index in [9.17, 15) is 5.11 Å². The maximum Gasteiger partial charge on any atom is 0.0867 e. The van der Waals surface area contributed by atoms with Crippen molar-refractivity contribution in [2.24, 2.45) is 0 Å². The Morgan fingerprint density at radius 3 is 2.88 bits per heavy atom. The van der Waals surface area contributed by atoms with Crippen molar-refractivity contribution in [1.82, 2.24) is 0 Å². The van der Waals surface area contributed by atoms with Crippen molar-refractivity contribution >= 4 is 35.0 Å². The molecule has 1 N–H and O–H groups in total. The maximum absolute atomic E-state index is 9.58. The predicted molar refractivity (Wildman–Crippen MR) is 69.7 cm³/mol. The third-order valence-electron chi connectivity index (χ3n) is 1.84. The maximum atomic E-state index is 9.58. The van der Waals surface area contributed by atoms with Crippen LogP contribution in [-0.4, -0.2) is 30.2 Å². The summed E-state index contributed by atoms with van der Waals surface area (Å²) in [5, 5.41) is 10.9. The lowest BCUT2D eigenvalue weighted by atomic mass is 10.4. The summed E-state index contributed by atoms with van der Waals surface area (Å²) in [5.74, 6) is 0.542. The number of ether oxygens (including phenoxy) is 1. The van der Waals surface area contributed by atoms with E-state index in [-0.39, 0.29) is 0 Å². The van der Waals surface area contributed by atoms with E-state index in [4.69, 9.17) is 27.9 Å². The molecular weight excluding hydrogens is 267 g/mol. The van der Waals surface area contributed by atoms with Gasteiger partial charge in [-0.3, -0.25) is 0 Å². The lowest BCUT2D eigenvalue weighted by Crippen LogP contribution is -2.17. The molecule has 0 amide bonds. The zero-order valence-electron chi connectivity index (χ0n) is 8.95. The molecule has 0 radical (unpaired) electrons. The Kier molecular flexibility index (Phi) is 6.54. The summed E-state index contributed by atoms with van der Waals surface area (Å²) in [5.41, 5.74) is 0. The average molecular weight is 281 g/mol. The molecule has 0 saturated heterocycles. The van der Waals surface area contributed by atoms with Gasteiger partial charge in [-0.05, 0) is 25.1 Å². The first kappa shape index (κ1) is 14.1. The van der Waals surface area contributed by atoms with E-state index in [2.05, 4.69) is 0 Å². The van der Waals surface area contributed by atoms with Gasteiger partial charge in [0.1, 0.15) is 0 Å². The fourth-order valence-electron chi connectivity index (χ4n) is 1.08. The normalized spacial score (nSPS) is 12.8. The number of halogens is 2. The zero-order chi connectivity index (χ0) is 12.0. The molecular formula is C11H14Cl2O2S. The van der Waals surface area contributed by atoms with Gasteiger partial charge in [-0.1, -0.05) is 23.2 Å². The first-order valence-electron chi connectivity index (χ1n) is 4.97. The second kappa shape index (κ2) is 7.41. The Labute approximate surface area is 110 Å². The predicted octanol–water partition coefficient (Wildman–Crippen LogP) is 3.48. The topological polar surface area (TPSA) is 29.5 Å². The van der Waals surface area contributed by atoms with E-state index in [1.165, 1.54) is 11.8 Å². The fourth-order valence-corrected chi connectivity index (χ4v) is 2.48. The molecule has 0 bridgehead atoms. The van der Waals surface area contributed by atoms with Gasteiger partial charge in [0, 0.05) is 22.3 Å². The van der Waals surface area contributed by atoms with E-state index in [0.29, 0.717) is 29.0 Å². The quantitative estimate of drug-likeness (QED) is 0.809. The standard InChI is InChI=1S/C11H14Cl2O2S/c1-2-15-6-9(14)7-16-11-5-8(12)3-4-10(11)13/h3-5,9,14H,2,6-7H2,1H3. The Hall–Kier alpha value is 0.0700. The molecule has 1 aromatic rings. The van der Waals surface area contributed by atoms with Crippen molar-refractivity contribution in [2.75, 3.05) is 19.0 Å². The molecule has 90 valence electrons. The SMILES string of the molecule is CCOCC(O)CSc1cc(Cl)ccc1Cl. The third-order valence-corrected chi connectivity index (χ3v) is 3.72. The summed E-state index contributed by atoms with van der Waals surface area (Å²) < 4.78 is 5.12. The molecule has 1 unspecified atom stereocenters. The number of aliphatic hydroxyl groups is 1. The molecule has 0 aromatic heterocycles. The summed E-state index contributed by atoms with van der Waals surface area (Å²) >= 11 is 13.3. The Bertz CT molecular complexity index is 334. The summed E-state index contributed by atoms with van der Waals surface area (Å²) in [4.78, 5) is 0.879. The van der Waals surface area contributed by atoms with Crippen molar-refractivity contribution in [3.63, 3.8) is 0 Å². The number of benzene rings is 1. The Morgan fingerprint density at radius 1 is 1.44 bits per heavy atom. The molecule has 1 aromatic carbocycles. The van der Waals surface area contributed by atoms with Gasteiger partial charge in [0.15, 0.2) is 0 Å². The molecule has 0 spiro atoms. The highest BCUT2D eigenvalue weighted by molar-refractivity contribution is 7.99. The number of rotatable bonds is 6. The fraction of sp³-hybridized carbons (Fsp3) is 0.455. The number of thioether (sulfide) groups is 1. The van der Waals surface area contributed by atoms with Crippen LogP contribution >= 0.6 is 35.0 Å². The van der Waals surface area contributed by atoms with Crippen molar-refractivity contribution in [3.05, 3.63) is 28.2 Å². The average Bonchev–Trinajstić information content (AvgIpc) is 2.27. The van der Waals surface area contributed by atoms with Crippen molar-refractivity contribution in [1.29, 1.82) is 0 Å². The highest BCUT2D eigenvalue weighted by atomic mass is 35.5. The smallest absolute Gasteiger partial charge is 0.0867 e. The molecule has 0 saturated carbocycles. The van der Waals surface area contributed by atoms with E-state index in [0.717, 1.165) is 4.90 Å². The van der Waals surface area contributed by atoms with Crippen LogP contribution in [0.1, 0.15) is 6.92 Å². The van der Waals surface area contributed by atoms with Crippen molar-refractivity contribution < 1.29 is 9.84 Å². The Morgan fingerprint density at radius 2 is 2.19 bits per heavy atom. The van der Waals surface area contributed by atoms with Crippen LogP contribution < -0.4 is 0 Å². The van der Waals surface area contributed by atoms with E-state index in [1.807, 2.05) is 6.92 Å². The first-order chi connectivity index (χ1) is 7.63. The van der Waals surface area contributed by atoms with Crippen LogP contribution in [0, 0.1) is 0 Å². The number of aliphatic hydroxyl groups excluding tert-OH is 1. The van der Waals surface area contributed by atoms with E-state index < -0.39 is 6.10 Å². The summed E-state index contributed by atoms with van der Waals surface area (Å²) in [6, 6.07) is 5.29. The second-order valence-corrected chi connectivity index (χ2v) is 5.10. The molecule has 2 nitrogen and oxygen atoms in total. The second-order valence-electron chi connectivity index (χ2n) is 3.20. The number of hydrogen-bond donors (Lipinski definition) is 1. The first-order valence-corrected chi connectivity index (χ1v) is 6.71. The van der Waals surface area contributed by atoms with Gasteiger partial charge in [-0.2, -0.15) is 0 Å². The molecule has 0 aliphatic rings. The van der Waals surface area contributed by atoms with Crippen molar-refractivity contribution in [2.45, 2.75) is 17.9 Å². The largest absolute Gasteiger partial charge is 0.390 e. The minimum atomic E-state index is -0.486. The van der Waals surface area contributed by atoms with Gasteiger partial charge in [-0.25, -0.2) is 0 Å². The molecule has 0 aliphatic carbocycles. The third kappa shape index (κ3) is 4.93. The molecule has 1 atom stereocenters.